The van der Waals surface area contributed by atoms with Gasteiger partial charge >= 0.3 is 0 Å². The van der Waals surface area contributed by atoms with Crippen molar-refractivity contribution >= 4 is 5.91 Å². The van der Waals surface area contributed by atoms with Gasteiger partial charge in [0.1, 0.15) is 11.8 Å². The second-order valence-corrected chi connectivity index (χ2v) is 5.00. The van der Waals surface area contributed by atoms with Crippen LogP contribution in [-0.4, -0.2) is 29.3 Å². The first-order chi connectivity index (χ1) is 10.0. The monoisotopic (exact) mass is 290 g/mol. The van der Waals surface area contributed by atoms with Crippen molar-refractivity contribution in [3.8, 4) is 11.8 Å². The third kappa shape index (κ3) is 4.20. The fraction of sp³-hybridized carbons (Fsp3) is 0.500. The van der Waals surface area contributed by atoms with Crippen molar-refractivity contribution in [3.05, 3.63) is 29.8 Å². The molecule has 0 aliphatic carbocycles. The summed E-state index contributed by atoms with van der Waals surface area (Å²) in [5.41, 5.74) is -0.236. The van der Waals surface area contributed by atoms with Crippen LogP contribution in [0.25, 0.3) is 0 Å². The molecule has 114 valence electrons. The quantitative estimate of drug-likeness (QED) is 0.804. The van der Waals surface area contributed by atoms with Gasteiger partial charge in [-0.05, 0) is 31.9 Å². The van der Waals surface area contributed by atoms with E-state index in [9.17, 15) is 9.90 Å². The molecule has 0 heterocycles. The molecule has 0 saturated heterocycles. The van der Waals surface area contributed by atoms with E-state index in [1.165, 1.54) is 0 Å². The predicted molar refractivity (Wildman–Crippen MR) is 79.8 cm³/mol. The van der Waals surface area contributed by atoms with E-state index in [-0.39, 0.29) is 12.5 Å². The Labute approximate surface area is 125 Å². The Hall–Kier alpha value is -2.06. The first-order valence-electron chi connectivity index (χ1n) is 7.10. The van der Waals surface area contributed by atoms with Crippen LogP contribution in [-0.2, 0) is 4.79 Å². The van der Waals surface area contributed by atoms with Crippen LogP contribution in [0.2, 0.25) is 0 Å². The Balaban J connectivity index is 2.78. The number of rotatable bonds is 7. The van der Waals surface area contributed by atoms with Crippen LogP contribution in [0, 0.1) is 11.3 Å². The molecule has 1 atom stereocenters. The zero-order chi connectivity index (χ0) is 15.9. The second-order valence-electron chi connectivity index (χ2n) is 5.00. The molecule has 1 amide bonds. The molecule has 21 heavy (non-hydrogen) atoms. The molecule has 0 aliphatic heterocycles. The van der Waals surface area contributed by atoms with E-state index in [1.54, 1.807) is 31.2 Å². The molecule has 0 saturated carbocycles. The number of hydrogen-bond donors (Lipinski definition) is 2. The Kier molecular flexibility index (Phi) is 6.19. The number of hydrogen-bond acceptors (Lipinski definition) is 4. The fourth-order valence-electron chi connectivity index (χ4n) is 1.96. The first kappa shape index (κ1) is 17.0. The number of nitrogens with zero attached hydrogens (tertiary/aromatic N) is 1. The summed E-state index contributed by atoms with van der Waals surface area (Å²) in [6.45, 7) is 5.33. The molecule has 0 aliphatic rings. The first-order valence-corrected chi connectivity index (χ1v) is 7.10. The molecular formula is C16H22N2O3. The van der Waals surface area contributed by atoms with Crippen molar-refractivity contribution in [3.63, 3.8) is 0 Å². The minimum absolute atomic E-state index is 0.118. The molecule has 5 nitrogen and oxygen atoms in total. The van der Waals surface area contributed by atoms with E-state index in [1.807, 2.05) is 19.9 Å². The van der Waals surface area contributed by atoms with Crippen LogP contribution in [0.3, 0.4) is 0 Å². The zero-order valence-electron chi connectivity index (χ0n) is 12.7. The van der Waals surface area contributed by atoms with Crippen LogP contribution in [0.1, 0.15) is 39.2 Å². The summed E-state index contributed by atoms with van der Waals surface area (Å²) in [5.74, 6) is 0.0748. The molecule has 0 aromatic heterocycles. The lowest BCUT2D eigenvalue weighted by molar-refractivity contribution is -0.130. The summed E-state index contributed by atoms with van der Waals surface area (Å²) in [6.07, 6.45) is 0.518. The number of aliphatic hydroxyl groups is 1. The maximum atomic E-state index is 12.2. The summed E-state index contributed by atoms with van der Waals surface area (Å²) < 4.78 is 5.56. The molecule has 1 unspecified atom stereocenters. The summed E-state index contributed by atoms with van der Waals surface area (Å²) >= 11 is 0. The Morgan fingerprint density at radius 1 is 1.43 bits per heavy atom. The number of nitrogens with one attached hydrogen (secondary N) is 1. The fourth-order valence-corrected chi connectivity index (χ4v) is 1.96. The number of nitriles is 1. The highest BCUT2D eigenvalue weighted by Gasteiger charge is 2.29. The van der Waals surface area contributed by atoms with Crippen molar-refractivity contribution in [2.24, 2.45) is 0 Å². The van der Waals surface area contributed by atoms with E-state index in [0.717, 1.165) is 0 Å². The molecule has 1 aromatic rings. The lowest BCUT2D eigenvalue weighted by Crippen LogP contribution is -2.54. The van der Waals surface area contributed by atoms with Gasteiger partial charge in [-0.25, -0.2) is 0 Å². The minimum atomic E-state index is -0.747. The van der Waals surface area contributed by atoms with Gasteiger partial charge in [0, 0.05) is 0 Å². The molecule has 1 aromatic carbocycles. The second kappa shape index (κ2) is 7.65. The number of para-hydroxylation sites is 1. The topological polar surface area (TPSA) is 82.3 Å². The van der Waals surface area contributed by atoms with E-state index in [2.05, 4.69) is 5.32 Å². The summed E-state index contributed by atoms with van der Waals surface area (Å²) in [4.78, 5) is 12.2. The van der Waals surface area contributed by atoms with Gasteiger partial charge in [-0.3, -0.25) is 4.79 Å². The van der Waals surface area contributed by atoms with E-state index >= 15 is 0 Å². The third-order valence-corrected chi connectivity index (χ3v) is 3.73. The van der Waals surface area contributed by atoms with Gasteiger partial charge in [-0.1, -0.05) is 26.0 Å². The number of carbonyl (C=O) groups excluding carboxylic acids is 1. The summed E-state index contributed by atoms with van der Waals surface area (Å²) in [5, 5.41) is 21.3. The number of ether oxygens (including phenoxy) is 1. The van der Waals surface area contributed by atoms with Gasteiger partial charge in [-0.15, -0.1) is 0 Å². The smallest absolute Gasteiger partial charge is 0.261 e. The third-order valence-electron chi connectivity index (χ3n) is 3.73. The Morgan fingerprint density at radius 3 is 2.57 bits per heavy atom. The largest absolute Gasteiger partial charge is 0.480 e. The van der Waals surface area contributed by atoms with E-state index in [0.29, 0.717) is 24.2 Å². The van der Waals surface area contributed by atoms with Gasteiger partial charge in [0.15, 0.2) is 6.10 Å². The lowest BCUT2D eigenvalue weighted by atomic mass is 9.93. The van der Waals surface area contributed by atoms with Gasteiger partial charge in [-0.2, -0.15) is 5.26 Å². The molecule has 0 radical (unpaired) electrons. The van der Waals surface area contributed by atoms with E-state index < -0.39 is 11.6 Å². The van der Waals surface area contributed by atoms with Crippen molar-refractivity contribution in [1.29, 1.82) is 5.26 Å². The standard InChI is InChI=1S/C16H22N2O3/c1-4-16(5-2,11-19)18-15(20)12(3)21-14-9-7-6-8-13(14)10-17/h6-9,12,19H,4-5,11H2,1-3H3,(H,18,20). The highest BCUT2D eigenvalue weighted by molar-refractivity contribution is 5.81. The predicted octanol–water partition coefficient (Wildman–Crippen LogP) is 1.99. The van der Waals surface area contributed by atoms with Crippen LogP contribution < -0.4 is 10.1 Å². The number of amides is 1. The zero-order valence-corrected chi connectivity index (χ0v) is 12.7. The Bertz CT molecular complexity index is 510. The van der Waals surface area contributed by atoms with Gasteiger partial charge < -0.3 is 15.2 Å². The maximum absolute atomic E-state index is 12.2. The van der Waals surface area contributed by atoms with Crippen molar-refractivity contribution in [2.45, 2.75) is 45.3 Å². The molecule has 1 rings (SSSR count). The van der Waals surface area contributed by atoms with Crippen LogP contribution in [0.4, 0.5) is 0 Å². The number of aliphatic hydroxyl groups excluding tert-OH is 1. The summed E-state index contributed by atoms with van der Waals surface area (Å²) in [6, 6.07) is 8.80. The van der Waals surface area contributed by atoms with Gasteiger partial charge in [0.25, 0.3) is 5.91 Å². The molecule has 0 bridgehead atoms. The number of carbonyl (C=O) groups is 1. The normalized spacial score (nSPS) is 12.3. The van der Waals surface area contributed by atoms with Crippen LogP contribution in [0.15, 0.2) is 24.3 Å². The molecular weight excluding hydrogens is 268 g/mol. The van der Waals surface area contributed by atoms with E-state index in [4.69, 9.17) is 10.00 Å². The minimum Gasteiger partial charge on any atom is -0.480 e. The number of benzene rings is 1. The maximum Gasteiger partial charge on any atom is 0.261 e. The lowest BCUT2D eigenvalue weighted by Gasteiger charge is -2.32. The van der Waals surface area contributed by atoms with Gasteiger partial charge in [0.2, 0.25) is 0 Å². The Morgan fingerprint density at radius 2 is 2.05 bits per heavy atom. The van der Waals surface area contributed by atoms with Crippen molar-refractivity contribution < 1.29 is 14.6 Å². The van der Waals surface area contributed by atoms with Gasteiger partial charge in [0.05, 0.1) is 17.7 Å². The van der Waals surface area contributed by atoms with Crippen LogP contribution >= 0.6 is 0 Å². The van der Waals surface area contributed by atoms with Crippen molar-refractivity contribution in [1.82, 2.24) is 5.32 Å². The van der Waals surface area contributed by atoms with Crippen LogP contribution in [0.5, 0.6) is 5.75 Å². The molecule has 2 N–H and O–H groups in total. The molecule has 0 spiro atoms. The average Bonchev–Trinajstić information content (AvgIpc) is 2.53. The highest BCUT2D eigenvalue weighted by atomic mass is 16.5. The SMILES string of the molecule is CCC(CC)(CO)NC(=O)C(C)Oc1ccccc1C#N. The molecule has 5 heteroatoms. The highest BCUT2D eigenvalue weighted by Crippen LogP contribution is 2.19. The summed E-state index contributed by atoms with van der Waals surface area (Å²) in [7, 11) is 0. The average molecular weight is 290 g/mol. The molecule has 0 fully saturated rings. The van der Waals surface area contributed by atoms with Crippen molar-refractivity contribution in [2.75, 3.05) is 6.61 Å².